The van der Waals surface area contributed by atoms with Crippen molar-refractivity contribution in [3.05, 3.63) is 29.8 Å². The molecule has 5 heteroatoms. The topological polar surface area (TPSA) is 58.7 Å². The van der Waals surface area contributed by atoms with Crippen molar-refractivity contribution in [1.82, 2.24) is 0 Å². The maximum absolute atomic E-state index is 11.5. The molecule has 0 fully saturated rings. The number of hydrogen-bond acceptors (Lipinski definition) is 3. The van der Waals surface area contributed by atoms with Crippen LogP contribution in [0.3, 0.4) is 0 Å². The molecule has 0 saturated carbocycles. The van der Waals surface area contributed by atoms with Crippen LogP contribution in [0.1, 0.15) is 5.56 Å². The predicted octanol–water partition coefficient (Wildman–Crippen LogP) is 0.416. The molecule has 1 heterocycles. The van der Waals surface area contributed by atoms with Crippen LogP contribution < -0.4 is 4.74 Å². The average Bonchev–Trinajstić information content (AvgIpc) is 2.36. The van der Waals surface area contributed by atoms with Crippen LogP contribution in [0.2, 0.25) is 0 Å². The minimum atomic E-state index is -0.735. The van der Waals surface area contributed by atoms with Gasteiger partial charge in [0.05, 0.1) is 13.3 Å². The van der Waals surface area contributed by atoms with Gasteiger partial charge in [0, 0.05) is 5.56 Å². The molecule has 2 amide bonds. The van der Waals surface area contributed by atoms with Crippen LogP contribution in [0.5, 0.6) is 5.75 Å². The molecule has 86 valence electrons. The molecule has 1 aromatic carbocycles. The minimum absolute atomic E-state index is 0.348. The summed E-state index contributed by atoms with van der Waals surface area (Å²) in [4.78, 5) is 25.9. The molecule has 0 aliphatic carbocycles. The summed E-state index contributed by atoms with van der Waals surface area (Å²) in [6, 6.07) is 7.30. The van der Waals surface area contributed by atoms with Crippen molar-refractivity contribution in [2.24, 2.45) is 4.99 Å². The number of methoxy groups -OCH3 is 1. The van der Waals surface area contributed by atoms with E-state index in [-0.39, 0.29) is 0 Å². The Morgan fingerprint density at radius 3 is 2.59 bits per heavy atom. The van der Waals surface area contributed by atoms with Crippen molar-refractivity contribution in [3.8, 4) is 5.75 Å². The third-order valence-corrected chi connectivity index (χ3v) is 2.39. The van der Waals surface area contributed by atoms with Crippen molar-refractivity contribution < 1.29 is 18.9 Å². The lowest BCUT2D eigenvalue weighted by Gasteiger charge is -2.03. The fourth-order valence-electron chi connectivity index (χ4n) is 1.48. The van der Waals surface area contributed by atoms with Gasteiger partial charge in [-0.15, -0.1) is 0 Å². The first-order valence-electron chi connectivity index (χ1n) is 5.06. The quantitative estimate of drug-likeness (QED) is 0.559. The van der Waals surface area contributed by atoms with Gasteiger partial charge in [0.15, 0.2) is 12.8 Å². The number of amides is 2. The van der Waals surface area contributed by atoms with Gasteiger partial charge < -0.3 is 4.74 Å². The van der Waals surface area contributed by atoms with Gasteiger partial charge in [-0.1, -0.05) is 0 Å². The number of ether oxygens (including phenoxy) is 1. The molecule has 0 spiro atoms. The minimum Gasteiger partial charge on any atom is -0.497 e. The molecule has 17 heavy (non-hydrogen) atoms. The van der Waals surface area contributed by atoms with E-state index in [9.17, 15) is 9.59 Å². The Kier molecular flexibility index (Phi) is 3.09. The number of carbonyl (C=O) groups excluding carboxylic acids is 2. The largest absolute Gasteiger partial charge is 0.497 e. The first-order chi connectivity index (χ1) is 8.20. The summed E-state index contributed by atoms with van der Waals surface area (Å²) >= 11 is 0. The fourth-order valence-corrected chi connectivity index (χ4v) is 1.48. The van der Waals surface area contributed by atoms with Gasteiger partial charge in [-0.3, -0.25) is 4.79 Å². The first-order valence-corrected chi connectivity index (χ1v) is 5.06. The number of rotatable bonds is 3. The van der Waals surface area contributed by atoms with E-state index in [2.05, 4.69) is 4.99 Å². The zero-order valence-electron chi connectivity index (χ0n) is 9.29. The predicted molar refractivity (Wildman–Crippen MR) is 61.5 cm³/mol. The first kappa shape index (κ1) is 11.2. The van der Waals surface area contributed by atoms with Crippen LogP contribution in [0.4, 0.5) is 0 Å². The normalized spacial score (nSPS) is 14.8. The summed E-state index contributed by atoms with van der Waals surface area (Å²) in [6.45, 7) is 0.348. The van der Waals surface area contributed by atoms with E-state index in [0.29, 0.717) is 6.54 Å². The van der Waals surface area contributed by atoms with E-state index in [1.807, 2.05) is 12.1 Å². The van der Waals surface area contributed by atoms with Crippen molar-refractivity contribution >= 4 is 24.2 Å². The second-order valence-electron chi connectivity index (χ2n) is 3.51. The molecule has 0 atom stereocenters. The lowest BCUT2D eigenvalue weighted by Crippen LogP contribution is -2.31. The molecular weight excluding hydrogens is 220 g/mol. The second-order valence-corrected chi connectivity index (χ2v) is 3.51. The summed E-state index contributed by atoms with van der Waals surface area (Å²) in [5, 5.41) is 0. The maximum Gasteiger partial charge on any atom is 0.479 e. The number of benzene rings is 1. The molecular formula is C12H11N2O3+. The van der Waals surface area contributed by atoms with Gasteiger partial charge in [-0.2, -0.15) is 4.58 Å². The van der Waals surface area contributed by atoms with E-state index in [4.69, 9.17) is 4.74 Å². The molecule has 2 rings (SSSR count). The molecule has 0 aromatic heterocycles. The second kappa shape index (κ2) is 4.69. The molecule has 0 unspecified atom stereocenters. The van der Waals surface area contributed by atoms with E-state index >= 15 is 0 Å². The van der Waals surface area contributed by atoms with E-state index in [1.54, 1.807) is 19.2 Å². The number of hydrogen-bond donors (Lipinski definition) is 0. The third-order valence-electron chi connectivity index (χ3n) is 2.39. The highest BCUT2D eigenvalue weighted by molar-refractivity contribution is 6.39. The molecule has 1 aliphatic heterocycles. The van der Waals surface area contributed by atoms with Crippen LogP contribution in [0.15, 0.2) is 29.3 Å². The van der Waals surface area contributed by atoms with Crippen LogP contribution in [0, 0.1) is 0 Å². The number of carbonyl (C=O) groups is 2. The lowest BCUT2D eigenvalue weighted by molar-refractivity contribution is -0.453. The van der Waals surface area contributed by atoms with Crippen LogP contribution >= 0.6 is 0 Å². The molecule has 1 aromatic rings. The Labute approximate surface area is 98.1 Å². The van der Waals surface area contributed by atoms with Crippen molar-refractivity contribution in [2.75, 3.05) is 7.11 Å². The van der Waals surface area contributed by atoms with Crippen molar-refractivity contribution in [2.45, 2.75) is 6.54 Å². The molecule has 0 radical (unpaired) electrons. The lowest BCUT2D eigenvalue weighted by atomic mass is 10.2. The van der Waals surface area contributed by atoms with Crippen LogP contribution in [-0.4, -0.2) is 35.9 Å². The SMILES string of the molecule is COc1ccc(C[N+]2=CC=NC(=O)C2=O)cc1. The van der Waals surface area contributed by atoms with Crippen molar-refractivity contribution in [1.29, 1.82) is 0 Å². The summed E-state index contributed by atoms with van der Waals surface area (Å²) in [5.41, 5.74) is 0.915. The van der Waals surface area contributed by atoms with Crippen LogP contribution in [-0.2, 0) is 16.1 Å². The number of aliphatic imine (C=N–C) groups is 1. The Bertz CT molecular complexity index is 515. The highest BCUT2D eigenvalue weighted by atomic mass is 16.5. The van der Waals surface area contributed by atoms with Crippen LogP contribution in [0.25, 0.3) is 0 Å². The molecule has 0 saturated heterocycles. The Morgan fingerprint density at radius 2 is 1.94 bits per heavy atom. The van der Waals surface area contributed by atoms with E-state index in [0.717, 1.165) is 11.3 Å². The van der Waals surface area contributed by atoms with Gasteiger partial charge in [-0.25, -0.2) is 9.79 Å². The number of nitrogens with zero attached hydrogens (tertiary/aromatic N) is 2. The fraction of sp³-hybridized carbons (Fsp3) is 0.167. The van der Waals surface area contributed by atoms with E-state index < -0.39 is 11.8 Å². The van der Waals surface area contributed by atoms with Gasteiger partial charge in [0.25, 0.3) is 0 Å². The van der Waals surface area contributed by atoms with Gasteiger partial charge >= 0.3 is 11.8 Å². The summed E-state index contributed by atoms with van der Waals surface area (Å²) in [6.07, 6.45) is 2.82. The average molecular weight is 231 g/mol. The molecule has 1 aliphatic rings. The van der Waals surface area contributed by atoms with Gasteiger partial charge in [0.2, 0.25) is 0 Å². The summed E-state index contributed by atoms with van der Waals surface area (Å²) in [5.74, 6) is -0.593. The molecule has 5 nitrogen and oxygen atoms in total. The summed E-state index contributed by atoms with van der Waals surface area (Å²) in [7, 11) is 1.59. The zero-order valence-corrected chi connectivity index (χ0v) is 9.29. The highest BCUT2D eigenvalue weighted by Gasteiger charge is 2.28. The van der Waals surface area contributed by atoms with E-state index in [1.165, 1.54) is 17.0 Å². The summed E-state index contributed by atoms with van der Waals surface area (Å²) < 4.78 is 6.36. The standard InChI is InChI=1S/C12H11N2O3/c1-17-10-4-2-9(3-5-10)8-14-7-6-13-11(15)12(14)16/h2-7H,8H2,1H3/q+1. The van der Waals surface area contributed by atoms with Crippen molar-refractivity contribution in [3.63, 3.8) is 0 Å². The smallest absolute Gasteiger partial charge is 0.479 e. The Hall–Kier alpha value is -2.30. The highest BCUT2D eigenvalue weighted by Crippen LogP contribution is 2.12. The van der Waals surface area contributed by atoms with Gasteiger partial charge in [-0.05, 0) is 24.3 Å². The van der Waals surface area contributed by atoms with Gasteiger partial charge in [0.1, 0.15) is 5.75 Å². The Morgan fingerprint density at radius 1 is 1.24 bits per heavy atom. The monoisotopic (exact) mass is 231 g/mol. The third kappa shape index (κ3) is 2.44. The Balaban J connectivity index is 2.15. The maximum atomic E-state index is 11.5. The molecule has 0 N–H and O–H groups in total. The zero-order chi connectivity index (χ0) is 12.3. The molecule has 0 bridgehead atoms.